The minimum Gasteiger partial charge on any atom is -0.805 e. The zero-order valence-electron chi connectivity index (χ0n) is 46.5. The molecule has 76 heavy (non-hydrogen) atoms. The first-order valence-corrected chi connectivity index (χ1v) is 42.4. The van der Waals surface area contributed by atoms with Gasteiger partial charge in [-0.2, -0.15) is 0 Å². The average Bonchev–Trinajstić information content (AvgIpc) is 3.35. The van der Waals surface area contributed by atoms with Crippen LogP contribution in [0.1, 0.15) is 11.1 Å². The van der Waals surface area contributed by atoms with Crippen LogP contribution in [0.5, 0.6) is 0 Å². The molecule has 0 aliphatic carbocycles. The molecule has 0 amide bonds. The van der Waals surface area contributed by atoms with Gasteiger partial charge in [-0.15, -0.1) is 22.7 Å². The van der Waals surface area contributed by atoms with Gasteiger partial charge in [0.15, 0.2) is 0 Å². The van der Waals surface area contributed by atoms with E-state index in [-0.39, 0.29) is 43.4 Å². The summed E-state index contributed by atoms with van der Waals surface area (Å²) in [5, 5.41) is 26.5. The maximum Gasteiger partial charge on any atom is 3.00 e. The predicted molar refractivity (Wildman–Crippen MR) is 342 cm³/mol. The Hall–Kier alpha value is -4.28. The van der Waals surface area contributed by atoms with E-state index in [0.717, 1.165) is 56.5 Å². The molecule has 8 rings (SSSR count). The van der Waals surface area contributed by atoms with Crippen molar-refractivity contribution >= 4 is 80.4 Å². The molecule has 0 spiro atoms. The van der Waals surface area contributed by atoms with Crippen LogP contribution in [-0.4, -0.2) is 56.1 Å². The minimum atomic E-state index is -2.40. The minimum absolute atomic E-state index is 0. The van der Waals surface area contributed by atoms with E-state index in [4.69, 9.17) is 19.9 Å². The van der Waals surface area contributed by atoms with Gasteiger partial charge in [0.1, 0.15) is 0 Å². The Bertz CT molecular complexity index is 2590. The molecule has 0 aromatic heterocycles. The normalized spacial score (nSPS) is 11.4. The van der Waals surface area contributed by atoms with E-state index in [1.165, 1.54) is 11.1 Å². The van der Waals surface area contributed by atoms with Gasteiger partial charge in [-0.1, -0.05) is 329 Å². The summed E-state index contributed by atoms with van der Waals surface area (Å²) in [6, 6.07) is 81.7. The van der Waals surface area contributed by atoms with E-state index in [9.17, 15) is 10.3 Å². The van der Waals surface area contributed by atoms with E-state index in [2.05, 4.69) is 163 Å². The molecule has 0 bridgehead atoms. The van der Waals surface area contributed by atoms with E-state index in [0.29, 0.717) is 0 Å². The largest absolute Gasteiger partial charge is 3.00 e. The van der Waals surface area contributed by atoms with Crippen LogP contribution >= 0.6 is 14.1 Å². The van der Waals surface area contributed by atoms with Crippen LogP contribution in [0.15, 0.2) is 243 Å². The van der Waals surface area contributed by atoms with Crippen molar-refractivity contribution in [1.82, 2.24) is 0 Å². The second-order valence-corrected chi connectivity index (χ2v) is 46.7. The van der Waals surface area contributed by atoms with Crippen molar-refractivity contribution in [3.8, 4) is 0 Å². The fraction of sp³-hybridized carbons (Fsp3) is 0.226. The maximum atomic E-state index is 12.2. The summed E-state index contributed by atoms with van der Waals surface area (Å²) in [6.07, 6.45) is 0. The van der Waals surface area contributed by atoms with Gasteiger partial charge >= 0.3 is 43.4 Å². The van der Waals surface area contributed by atoms with E-state index in [1.807, 2.05) is 146 Å². The van der Waals surface area contributed by atoms with Crippen LogP contribution in [0, 0.1) is 13.8 Å². The summed E-state index contributed by atoms with van der Waals surface area (Å²) in [5.74, 6) is 3.11. The van der Waals surface area contributed by atoms with Crippen molar-refractivity contribution in [3.05, 3.63) is 284 Å². The Labute approximate surface area is 493 Å². The molecular formula is C62H78N6P2Si4Ti2. The predicted octanol–water partition coefficient (Wildman–Crippen LogP) is 19.9. The fourth-order valence-corrected chi connectivity index (χ4v) is 41.4. The van der Waals surface area contributed by atoms with E-state index < -0.39 is 47.1 Å². The number of nitrogens with zero attached hydrogens (tertiary/aromatic N) is 6. The molecule has 0 aliphatic rings. The van der Waals surface area contributed by atoms with Gasteiger partial charge in [-0.3, -0.25) is 0 Å². The summed E-state index contributed by atoms with van der Waals surface area (Å²) >= 11 is 0. The molecule has 14 heteroatoms. The Morgan fingerprint density at radius 1 is 0.276 bits per heavy atom. The van der Waals surface area contributed by atoms with Crippen LogP contribution in [-0.2, 0) is 43.4 Å². The van der Waals surface area contributed by atoms with Crippen LogP contribution in [0.2, 0.25) is 52.4 Å². The standard InChI is InChI=1S/2C24H31N3PSi2.2C7H8.2Ti/c2*1-29(2,26-22-14-8-5-9-15-22)20-28(25,24-18-12-7-13-19-24)21-30(3,4)27-23-16-10-6-11-17-23;2*1-7-5-3-2-4-6-7;;/h2*5-19H,20-21H2,1-4H3;2*2-6H,1H3;;/q2*-3;;;2*+3. The Morgan fingerprint density at radius 3 is 0.592 bits per heavy atom. The molecule has 0 atom stereocenters. The molecule has 0 fully saturated rings. The molecular weight excluding hydrogens is 1100 g/mol. The second kappa shape index (κ2) is 32.0. The van der Waals surface area contributed by atoms with Crippen LogP contribution < -0.4 is 10.6 Å². The molecule has 390 valence electrons. The summed E-state index contributed by atoms with van der Waals surface area (Å²) in [4.78, 5) is 20.4. The zero-order valence-corrected chi connectivity index (χ0v) is 55.4. The first kappa shape index (κ1) is 66.0. The fourth-order valence-electron chi connectivity index (χ4n) is 9.07. The monoisotopic (exact) mass is 1180 g/mol. The molecule has 2 radical (unpaired) electrons. The zero-order chi connectivity index (χ0) is 53.6. The molecule has 6 nitrogen and oxygen atoms in total. The van der Waals surface area contributed by atoms with Crippen molar-refractivity contribution in [3.63, 3.8) is 0 Å². The number of hydrogen-bond donors (Lipinski definition) is 0. The van der Waals surface area contributed by atoms with E-state index >= 15 is 0 Å². The van der Waals surface area contributed by atoms with Crippen molar-refractivity contribution in [2.24, 2.45) is 0 Å². The molecule has 0 N–H and O–H groups in total. The van der Waals surface area contributed by atoms with Crippen molar-refractivity contribution in [2.75, 3.05) is 23.1 Å². The number of aryl methyl sites for hydroxylation is 2. The van der Waals surface area contributed by atoms with Gasteiger partial charge in [-0.25, -0.2) is 14.1 Å². The quantitative estimate of drug-likeness (QED) is 0.0604. The van der Waals surface area contributed by atoms with Crippen LogP contribution in [0.25, 0.3) is 30.3 Å². The van der Waals surface area contributed by atoms with Gasteiger partial charge in [-0.05, 0) is 57.4 Å². The molecule has 0 heterocycles. The first-order valence-electron chi connectivity index (χ1n) is 25.6. The van der Waals surface area contributed by atoms with Crippen LogP contribution in [0.4, 0.5) is 22.7 Å². The Balaban J connectivity index is 0.000000311. The maximum absolute atomic E-state index is 12.2. The topological polar surface area (TPSA) is 101 Å². The Kier molecular flexibility index (Phi) is 27.7. The van der Waals surface area contributed by atoms with E-state index in [1.54, 1.807) is 0 Å². The molecule has 0 saturated carbocycles. The van der Waals surface area contributed by atoms with Crippen LogP contribution in [0.3, 0.4) is 0 Å². The van der Waals surface area contributed by atoms with Gasteiger partial charge in [0.05, 0.1) is 0 Å². The van der Waals surface area contributed by atoms with Crippen molar-refractivity contribution in [2.45, 2.75) is 66.2 Å². The second-order valence-electron chi connectivity index (χ2n) is 21.5. The van der Waals surface area contributed by atoms with Gasteiger partial charge in [0, 0.05) is 0 Å². The van der Waals surface area contributed by atoms with Crippen molar-refractivity contribution in [1.29, 1.82) is 0 Å². The van der Waals surface area contributed by atoms with Gasteiger partial charge in [0.2, 0.25) is 0 Å². The number of benzene rings is 8. The molecule has 0 saturated heterocycles. The number of hydrogen-bond acceptors (Lipinski definition) is 0. The molecule has 8 aromatic carbocycles. The SMILES string of the molecule is C[Si](C)(CP(=[N-])(C[Si](C)(C)[N-]c1ccccc1)c1ccccc1)[N-]c1ccccc1.C[Si](C)(CP(=[N-])(C[Si](C)(C)[N-]c1ccccc1)c1ccccc1)[N-]c1ccccc1.Cc1ccccc1.Cc1ccccc1.[Ti+3].[Ti+3]. The smallest absolute Gasteiger partial charge is 0.805 e. The third-order valence-electron chi connectivity index (χ3n) is 11.7. The average molecular weight is 1180 g/mol. The molecule has 8 aromatic rings. The summed E-state index contributed by atoms with van der Waals surface area (Å²) in [7, 11) is -13.0. The molecule has 0 unspecified atom stereocenters. The third-order valence-corrected chi connectivity index (χ3v) is 38.4. The Morgan fingerprint density at radius 2 is 0.434 bits per heavy atom. The summed E-state index contributed by atoms with van der Waals surface area (Å²) in [5.41, 5.74) is 6.70. The summed E-state index contributed by atoms with van der Waals surface area (Å²) < 4.78 is 0. The first-order chi connectivity index (χ1) is 35.1. The summed E-state index contributed by atoms with van der Waals surface area (Å²) in [6.45, 7) is 22.3. The molecule has 0 aliphatic heterocycles. The van der Waals surface area contributed by atoms with Crippen molar-refractivity contribution < 1.29 is 43.4 Å². The number of rotatable bonds is 18. The van der Waals surface area contributed by atoms with Gasteiger partial charge in [0.25, 0.3) is 0 Å². The third kappa shape index (κ3) is 24.6. The van der Waals surface area contributed by atoms with Gasteiger partial charge < -0.3 is 30.3 Å².